The van der Waals surface area contributed by atoms with Crippen molar-refractivity contribution in [2.75, 3.05) is 42.2 Å². The van der Waals surface area contributed by atoms with E-state index in [0.717, 1.165) is 35.1 Å². The number of hydrogen-bond donors (Lipinski definition) is 1. The fourth-order valence-electron chi connectivity index (χ4n) is 5.68. The number of ether oxygens (including phenoxy) is 2. The number of halogens is 1. The number of likely N-dealkylation sites (tertiary alicyclic amines) is 1. The standard InChI is InChI=1S/C29H36IN4O4/c1-19-6-7-23(38-19)28-26-27(32-34(29(26)35)18-20-8-10-30-11-9-20)21-16-24(36-2)25(17-22(21)31-28)37-15-5-14-33-12-3-4-13-33/h6-7,16-17,20,32H,3-5,8-15,18H2,1-2H3/q-1. The predicted molar refractivity (Wildman–Crippen MR) is 145 cm³/mol. The van der Waals surface area contributed by atoms with Crippen molar-refractivity contribution in [1.82, 2.24) is 19.7 Å². The minimum absolute atomic E-state index is 0.0417. The Balaban J connectivity index is 1.39. The molecular formula is C29H36IN4O4-. The summed E-state index contributed by atoms with van der Waals surface area (Å²) in [6, 6.07) is 7.68. The van der Waals surface area contributed by atoms with E-state index >= 15 is 0 Å². The number of pyridine rings is 1. The molecule has 2 aliphatic heterocycles. The number of alkyl halides is 2. The number of aromatic amines is 1. The number of nitrogens with one attached hydrogen (secondary N) is 1. The first-order chi connectivity index (χ1) is 18.6. The molecule has 0 amide bonds. The third-order valence-corrected chi connectivity index (χ3v) is 10.5. The van der Waals surface area contributed by atoms with Gasteiger partial charge in [0.15, 0.2) is 0 Å². The molecule has 8 nitrogen and oxygen atoms in total. The average Bonchev–Trinajstić information content (AvgIpc) is 3.68. The molecule has 3 aromatic heterocycles. The van der Waals surface area contributed by atoms with Gasteiger partial charge in [-0.3, -0.25) is 0 Å². The molecule has 9 heteroatoms. The maximum atomic E-state index is 13.7. The van der Waals surface area contributed by atoms with E-state index in [4.69, 9.17) is 18.9 Å². The Hall–Kier alpha value is -2.53. The summed E-state index contributed by atoms with van der Waals surface area (Å²) >= 11 is 0.359. The zero-order chi connectivity index (χ0) is 26.1. The first-order valence-corrected chi connectivity index (χ1v) is 16.8. The molecular weight excluding hydrogens is 595 g/mol. The number of nitrogens with zero attached hydrogens (tertiary/aromatic N) is 3. The molecule has 0 saturated carbocycles. The molecule has 0 bridgehead atoms. The molecule has 4 aromatic rings. The summed E-state index contributed by atoms with van der Waals surface area (Å²) in [4.78, 5) is 21.2. The van der Waals surface area contributed by atoms with Crippen LogP contribution in [0.1, 0.15) is 37.9 Å². The zero-order valence-corrected chi connectivity index (χ0v) is 24.4. The van der Waals surface area contributed by atoms with Gasteiger partial charge in [0, 0.05) is 6.54 Å². The van der Waals surface area contributed by atoms with E-state index in [0.29, 0.717) is 68.6 Å². The summed E-state index contributed by atoms with van der Waals surface area (Å²) in [5.41, 5.74) is 2.04. The number of furan rings is 1. The molecule has 38 heavy (non-hydrogen) atoms. The second-order valence-electron chi connectivity index (χ2n) is 10.4. The van der Waals surface area contributed by atoms with Gasteiger partial charge in [-0.2, -0.15) is 0 Å². The Bertz CT molecular complexity index is 1480. The van der Waals surface area contributed by atoms with Crippen molar-refractivity contribution in [1.29, 1.82) is 0 Å². The van der Waals surface area contributed by atoms with Crippen LogP contribution in [0, 0.1) is 12.8 Å². The van der Waals surface area contributed by atoms with E-state index in [1.54, 1.807) is 11.8 Å². The van der Waals surface area contributed by atoms with Crippen LogP contribution in [0.4, 0.5) is 0 Å². The third-order valence-electron chi connectivity index (χ3n) is 7.77. The number of aryl methyl sites for hydroxylation is 1. The van der Waals surface area contributed by atoms with Crippen LogP contribution in [0.2, 0.25) is 0 Å². The summed E-state index contributed by atoms with van der Waals surface area (Å²) < 4.78 is 22.4. The van der Waals surface area contributed by atoms with Gasteiger partial charge in [0.1, 0.15) is 0 Å². The molecule has 5 heterocycles. The second-order valence-corrected chi connectivity index (χ2v) is 13.7. The molecule has 0 unspecified atom stereocenters. The topological polar surface area (TPSA) is 85.5 Å². The quantitative estimate of drug-likeness (QED) is 0.173. The van der Waals surface area contributed by atoms with E-state index in [2.05, 4.69) is 10.00 Å². The van der Waals surface area contributed by atoms with Gasteiger partial charge in [0.05, 0.1) is 6.61 Å². The van der Waals surface area contributed by atoms with Crippen LogP contribution in [0.15, 0.2) is 33.5 Å². The molecule has 0 aliphatic carbocycles. The monoisotopic (exact) mass is 631 g/mol. The number of benzene rings is 1. The molecule has 6 rings (SSSR count). The Kier molecular flexibility index (Phi) is 7.65. The number of methoxy groups -OCH3 is 1. The molecule has 1 aromatic carbocycles. The third kappa shape index (κ3) is 5.19. The summed E-state index contributed by atoms with van der Waals surface area (Å²) in [6.07, 6.45) is 5.98. The van der Waals surface area contributed by atoms with E-state index < -0.39 is 0 Å². The fourth-order valence-corrected chi connectivity index (χ4v) is 8.86. The van der Waals surface area contributed by atoms with Gasteiger partial charge in [0.2, 0.25) is 0 Å². The van der Waals surface area contributed by atoms with Crippen molar-refractivity contribution in [3.05, 3.63) is 40.4 Å². The Morgan fingerprint density at radius 1 is 1.16 bits per heavy atom. The van der Waals surface area contributed by atoms with Gasteiger partial charge < -0.3 is 4.90 Å². The number of hydrogen-bond acceptors (Lipinski definition) is 6. The van der Waals surface area contributed by atoms with Crippen molar-refractivity contribution in [3.63, 3.8) is 0 Å². The molecule has 0 spiro atoms. The molecule has 2 fully saturated rings. The Labute approximate surface area is 232 Å². The van der Waals surface area contributed by atoms with Crippen molar-refractivity contribution in [3.8, 4) is 23.0 Å². The molecule has 204 valence electrons. The molecule has 0 radical (unpaired) electrons. The number of H-pyrrole nitrogens is 1. The van der Waals surface area contributed by atoms with Gasteiger partial charge >= 0.3 is 183 Å². The van der Waals surface area contributed by atoms with Crippen molar-refractivity contribution in [2.24, 2.45) is 5.92 Å². The number of aromatic nitrogens is 3. The first kappa shape index (κ1) is 25.7. The van der Waals surface area contributed by atoms with Gasteiger partial charge in [0.25, 0.3) is 0 Å². The second kappa shape index (κ2) is 11.3. The number of rotatable bonds is 9. The minimum atomic E-state index is -0.0417. The normalized spacial score (nSPS) is 17.3. The Morgan fingerprint density at radius 2 is 1.97 bits per heavy atom. The van der Waals surface area contributed by atoms with Crippen molar-refractivity contribution < 1.29 is 35.1 Å². The van der Waals surface area contributed by atoms with Crippen LogP contribution in [-0.2, 0) is 6.54 Å². The molecule has 1 N–H and O–H groups in total. The van der Waals surface area contributed by atoms with E-state index in [9.17, 15) is 4.79 Å². The first-order valence-electron chi connectivity index (χ1n) is 13.7. The molecule has 2 aliphatic rings. The summed E-state index contributed by atoms with van der Waals surface area (Å²) in [5, 5.41) is 4.87. The number of fused-ring (bicyclic) bond motifs is 3. The van der Waals surface area contributed by atoms with Gasteiger partial charge in [-0.1, -0.05) is 0 Å². The van der Waals surface area contributed by atoms with Crippen LogP contribution in [0.25, 0.3) is 33.3 Å². The summed E-state index contributed by atoms with van der Waals surface area (Å²) in [6.45, 7) is 6.66. The fraction of sp³-hybridized carbons (Fsp3) is 0.517. The van der Waals surface area contributed by atoms with Gasteiger partial charge in [-0.15, -0.1) is 0 Å². The predicted octanol–water partition coefficient (Wildman–Crippen LogP) is 1.82. The van der Waals surface area contributed by atoms with Crippen LogP contribution in [-0.4, -0.2) is 61.9 Å². The van der Waals surface area contributed by atoms with E-state index in [-0.39, 0.29) is 5.56 Å². The maximum absolute atomic E-state index is 13.7. The van der Waals surface area contributed by atoms with E-state index in [1.165, 1.54) is 47.6 Å². The zero-order valence-electron chi connectivity index (χ0n) is 22.2. The molecule has 0 atom stereocenters. The summed E-state index contributed by atoms with van der Waals surface area (Å²) in [5.74, 6) is 3.24. The van der Waals surface area contributed by atoms with Crippen LogP contribution in [0.5, 0.6) is 11.5 Å². The van der Waals surface area contributed by atoms with Crippen LogP contribution >= 0.6 is 0 Å². The van der Waals surface area contributed by atoms with Crippen LogP contribution in [0.3, 0.4) is 0 Å². The summed E-state index contributed by atoms with van der Waals surface area (Å²) in [7, 11) is 1.66. The van der Waals surface area contributed by atoms with Crippen molar-refractivity contribution in [2.45, 2.75) is 45.6 Å². The van der Waals surface area contributed by atoms with Gasteiger partial charge in [-0.05, 0) is 32.4 Å². The Morgan fingerprint density at radius 3 is 2.71 bits per heavy atom. The van der Waals surface area contributed by atoms with Gasteiger partial charge in [-0.25, -0.2) is 0 Å². The van der Waals surface area contributed by atoms with E-state index in [1.807, 2.05) is 31.2 Å². The molecule has 2 saturated heterocycles. The van der Waals surface area contributed by atoms with Crippen LogP contribution < -0.4 is 36.2 Å². The van der Waals surface area contributed by atoms with Crippen molar-refractivity contribution >= 4 is 21.8 Å². The SMILES string of the molecule is COc1cc2c(cc1OCCCN1CCCC1)nc(-c1ccc(C)o1)c1c(=O)n(CC3CC[I-]CC3)[nH]c12. The average molecular weight is 632 g/mol.